The molecule has 2 atom stereocenters. The van der Waals surface area contributed by atoms with Crippen molar-refractivity contribution in [3.63, 3.8) is 0 Å². The lowest BCUT2D eigenvalue weighted by Gasteiger charge is -2.19. The number of amides is 2. The van der Waals surface area contributed by atoms with Gasteiger partial charge in [0.05, 0.1) is 13.7 Å². The fourth-order valence-corrected chi connectivity index (χ4v) is 2.00. The summed E-state index contributed by atoms with van der Waals surface area (Å²) in [4.78, 5) is 46.1. The van der Waals surface area contributed by atoms with Gasteiger partial charge in [-0.3, -0.25) is 9.59 Å². The highest BCUT2D eigenvalue weighted by molar-refractivity contribution is 5.89. The van der Waals surface area contributed by atoms with Crippen molar-refractivity contribution in [1.82, 2.24) is 10.6 Å². The molecule has 27 heavy (non-hydrogen) atoms. The number of hydrogen-bond donors (Lipinski definition) is 4. The number of methoxy groups -OCH3 is 1. The smallest absolute Gasteiger partial charge is 0.408 e. The van der Waals surface area contributed by atoms with Gasteiger partial charge < -0.3 is 30.3 Å². The van der Waals surface area contributed by atoms with Gasteiger partial charge in [-0.2, -0.15) is 0 Å². The summed E-state index contributed by atoms with van der Waals surface area (Å²) in [6, 6.07) is 6.02. The van der Waals surface area contributed by atoms with E-state index in [1.54, 1.807) is 30.3 Å². The Bertz CT molecular complexity index is 650. The predicted octanol–water partition coefficient (Wildman–Crippen LogP) is -0.204. The van der Waals surface area contributed by atoms with Crippen molar-refractivity contribution < 1.29 is 38.9 Å². The van der Waals surface area contributed by atoms with E-state index in [1.165, 1.54) is 0 Å². The Hall–Kier alpha value is -3.14. The molecule has 0 aliphatic rings. The molecule has 0 aromatic heterocycles. The monoisotopic (exact) mass is 382 g/mol. The summed E-state index contributed by atoms with van der Waals surface area (Å²) in [5, 5.41) is 22.7. The molecule has 1 rings (SSSR count). The number of aliphatic hydroxyl groups excluding tert-OH is 1. The molecule has 0 saturated heterocycles. The third kappa shape index (κ3) is 8.19. The molecule has 0 aliphatic heterocycles. The molecule has 4 N–H and O–H groups in total. The number of carboxylic acid groups (broad SMARTS) is 1. The highest BCUT2D eigenvalue weighted by Crippen LogP contribution is 2.02. The number of carbonyl (C=O) groups is 4. The summed E-state index contributed by atoms with van der Waals surface area (Å²) in [5.41, 5.74) is 0.728. The fraction of sp³-hybridized carbons (Fsp3) is 0.412. The van der Waals surface area contributed by atoms with Gasteiger partial charge in [0, 0.05) is 6.42 Å². The summed E-state index contributed by atoms with van der Waals surface area (Å²) < 4.78 is 9.35. The van der Waals surface area contributed by atoms with Crippen LogP contribution in [0.4, 0.5) is 4.79 Å². The van der Waals surface area contributed by atoms with Crippen LogP contribution in [0, 0.1) is 0 Å². The zero-order valence-electron chi connectivity index (χ0n) is 14.7. The Balaban J connectivity index is 2.54. The molecule has 10 nitrogen and oxygen atoms in total. The van der Waals surface area contributed by atoms with Crippen LogP contribution in [0.15, 0.2) is 30.3 Å². The van der Waals surface area contributed by atoms with Gasteiger partial charge in [0.25, 0.3) is 0 Å². The molecular formula is C17H22N2O8. The predicted molar refractivity (Wildman–Crippen MR) is 91.5 cm³/mol. The number of alkyl carbamates (subject to hydrolysis) is 1. The Kier molecular flexibility index (Phi) is 9.30. The molecule has 0 heterocycles. The number of hydrogen-bond acceptors (Lipinski definition) is 7. The average Bonchev–Trinajstić information content (AvgIpc) is 2.67. The first-order chi connectivity index (χ1) is 12.9. The average molecular weight is 382 g/mol. The summed E-state index contributed by atoms with van der Waals surface area (Å²) in [7, 11) is 1.16. The van der Waals surface area contributed by atoms with Gasteiger partial charge in [-0.25, -0.2) is 9.59 Å². The minimum absolute atomic E-state index is 0.0384. The first kappa shape index (κ1) is 21.9. The van der Waals surface area contributed by atoms with E-state index in [0.29, 0.717) is 0 Å². The Morgan fingerprint density at radius 3 is 2.30 bits per heavy atom. The second kappa shape index (κ2) is 11.5. The molecule has 0 aliphatic carbocycles. The SMILES string of the molecule is COC(=O)CC[C@H](NC(=O)[C@H](CO)NC(=O)OCc1ccccc1)C(=O)O. The molecule has 0 fully saturated rings. The lowest BCUT2D eigenvalue weighted by molar-refractivity contribution is -0.144. The lowest BCUT2D eigenvalue weighted by Crippen LogP contribution is -2.53. The topological polar surface area (TPSA) is 151 Å². The fourth-order valence-electron chi connectivity index (χ4n) is 2.00. The zero-order valence-corrected chi connectivity index (χ0v) is 14.7. The van der Waals surface area contributed by atoms with E-state index in [1.807, 2.05) is 0 Å². The normalized spacial score (nSPS) is 12.4. The number of nitrogens with one attached hydrogen (secondary N) is 2. The number of carbonyl (C=O) groups excluding carboxylic acids is 3. The van der Waals surface area contributed by atoms with Crippen LogP contribution in [0.5, 0.6) is 0 Å². The van der Waals surface area contributed by atoms with Crippen LogP contribution in [0.3, 0.4) is 0 Å². The number of aliphatic carboxylic acids is 1. The number of carboxylic acids is 1. The Morgan fingerprint density at radius 1 is 1.07 bits per heavy atom. The number of ether oxygens (including phenoxy) is 2. The van der Waals surface area contributed by atoms with Crippen LogP contribution in [0.1, 0.15) is 18.4 Å². The molecule has 2 amide bonds. The third-order valence-electron chi connectivity index (χ3n) is 3.48. The van der Waals surface area contributed by atoms with E-state index in [2.05, 4.69) is 15.4 Å². The van der Waals surface area contributed by atoms with Crippen molar-refractivity contribution in [2.45, 2.75) is 31.5 Å². The van der Waals surface area contributed by atoms with Crippen LogP contribution in [0.25, 0.3) is 0 Å². The Labute approximate surface area is 155 Å². The standard InChI is InChI=1S/C17H22N2O8/c1-26-14(21)8-7-12(16(23)24)18-15(22)13(9-20)19-17(25)27-10-11-5-3-2-4-6-11/h2-6,12-13,20H,7-10H2,1H3,(H,18,22)(H,19,25)(H,23,24)/t12-,13-/m0/s1. The molecule has 0 saturated carbocycles. The van der Waals surface area contributed by atoms with Gasteiger partial charge in [-0.05, 0) is 12.0 Å². The summed E-state index contributed by atoms with van der Waals surface area (Å²) in [6.45, 7) is -0.807. The minimum atomic E-state index is -1.41. The number of rotatable bonds is 10. The molecular weight excluding hydrogens is 360 g/mol. The van der Waals surface area contributed by atoms with Gasteiger partial charge in [0.15, 0.2) is 0 Å². The zero-order chi connectivity index (χ0) is 20.2. The van der Waals surface area contributed by atoms with Crippen LogP contribution in [0.2, 0.25) is 0 Å². The number of esters is 1. The maximum absolute atomic E-state index is 12.1. The first-order valence-corrected chi connectivity index (χ1v) is 8.05. The quantitative estimate of drug-likeness (QED) is 0.406. The lowest BCUT2D eigenvalue weighted by atomic mass is 10.1. The van der Waals surface area contributed by atoms with Crippen molar-refractivity contribution in [3.8, 4) is 0 Å². The molecule has 1 aromatic rings. The van der Waals surface area contributed by atoms with Crippen molar-refractivity contribution in [3.05, 3.63) is 35.9 Å². The van der Waals surface area contributed by atoms with Crippen molar-refractivity contribution >= 4 is 23.9 Å². The van der Waals surface area contributed by atoms with Crippen LogP contribution in [-0.2, 0) is 30.5 Å². The van der Waals surface area contributed by atoms with Gasteiger partial charge in [0.2, 0.25) is 5.91 Å². The summed E-state index contributed by atoms with van der Waals surface area (Å²) >= 11 is 0. The maximum Gasteiger partial charge on any atom is 0.408 e. The van der Waals surface area contributed by atoms with Crippen molar-refractivity contribution in [2.75, 3.05) is 13.7 Å². The van der Waals surface area contributed by atoms with Gasteiger partial charge in [0.1, 0.15) is 18.7 Å². The molecule has 0 unspecified atom stereocenters. The highest BCUT2D eigenvalue weighted by Gasteiger charge is 2.27. The second-order valence-corrected chi connectivity index (χ2v) is 5.46. The Morgan fingerprint density at radius 2 is 1.74 bits per heavy atom. The van der Waals surface area contributed by atoms with E-state index in [4.69, 9.17) is 9.84 Å². The van der Waals surface area contributed by atoms with Gasteiger partial charge in [-0.1, -0.05) is 30.3 Å². The molecule has 1 aromatic carbocycles. The number of aliphatic hydroxyl groups is 1. The number of benzene rings is 1. The summed E-state index contributed by atoms with van der Waals surface area (Å²) in [6.07, 6.45) is -1.37. The molecule has 10 heteroatoms. The van der Waals surface area contributed by atoms with E-state index in [-0.39, 0.29) is 19.4 Å². The van der Waals surface area contributed by atoms with E-state index >= 15 is 0 Å². The van der Waals surface area contributed by atoms with Crippen molar-refractivity contribution in [2.24, 2.45) is 0 Å². The summed E-state index contributed by atoms with van der Waals surface area (Å²) in [5.74, 6) is -2.92. The van der Waals surface area contributed by atoms with Crippen LogP contribution >= 0.6 is 0 Å². The second-order valence-electron chi connectivity index (χ2n) is 5.46. The van der Waals surface area contributed by atoms with Crippen molar-refractivity contribution in [1.29, 1.82) is 0 Å². The van der Waals surface area contributed by atoms with E-state index in [9.17, 15) is 24.3 Å². The molecule has 148 valence electrons. The van der Waals surface area contributed by atoms with Crippen LogP contribution in [-0.4, -0.2) is 60.0 Å². The largest absolute Gasteiger partial charge is 0.480 e. The van der Waals surface area contributed by atoms with Crippen LogP contribution < -0.4 is 10.6 Å². The maximum atomic E-state index is 12.1. The van der Waals surface area contributed by atoms with Gasteiger partial charge in [-0.15, -0.1) is 0 Å². The van der Waals surface area contributed by atoms with Gasteiger partial charge >= 0.3 is 18.0 Å². The minimum Gasteiger partial charge on any atom is -0.480 e. The highest BCUT2D eigenvalue weighted by atomic mass is 16.5. The molecule has 0 radical (unpaired) electrons. The molecule has 0 bridgehead atoms. The van der Waals surface area contributed by atoms with E-state index in [0.717, 1.165) is 12.7 Å². The molecule has 0 spiro atoms. The van der Waals surface area contributed by atoms with E-state index < -0.39 is 42.6 Å². The first-order valence-electron chi connectivity index (χ1n) is 8.05. The third-order valence-corrected chi connectivity index (χ3v) is 3.48.